The van der Waals surface area contributed by atoms with Gasteiger partial charge in [0.25, 0.3) is 0 Å². The molecule has 0 spiro atoms. The molecule has 4 heteroatoms. The second-order valence-corrected chi connectivity index (χ2v) is 4.85. The van der Waals surface area contributed by atoms with Crippen molar-refractivity contribution in [3.63, 3.8) is 0 Å². The van der Waals surface area contributed by atoms with Gasteiger partial charge in [-0.25, -0.2) is 4.98 Å². The number of nitrogens with two attached hydrogens (primary N) is 1. The van der Waals surface area contributed by atoms with Crippen LogP contribution in [0.1, 0.15) is 23.0 Å². The predicted octanol–water partition coefficient (Wildman–Crippen LogP) is 2.54. The fraction of sp³-hybridized carbons (Fsp3) is 0.250. The van der Waals surface area contributed by atoms with E-state index in [0.29, 0.717) is 0 Å². The van der Waals surface area contributed by atoms with E-state index in [9.17, 15) is 0 Å². The zero-order valence-corrected chi connectivity index (χ0v) is 10.9. The van der Waals surface area contributed by atoms with Crippen molar-refractivity contribution in [2.24, 2.45) is 12.8 Å². The molecule has 0 aliphatic carbocycles. The molecule has 2 rings (SSSR count). The van der Waals surface area contributed by atoms with Crippen molar-refractivity contribution in [2.45, 2.75) is 13.0 Å². The number of benzene rings is 1. The Morgan fingerprint density at radius 3 is 2.69 bits per heavy atom. The van der Waals surface area contributed by atoms with E-state index in [4.69, 9.17) is 5.73 Å². The number of aromatic nitrogens is 2. The average molecular weight is 280 g/mol. The number of hydrogen-bond acceptors (Lipinski definition) is 2. The summed E-state index contributed by atoms with van der Waals surface area (Å²) in [5.74, 6) is 0.873. The lowest BCUT2D eigenvalue weighted by Crippen LogP contribution is -2.16. The van der Waals surface area contributed by atoms with Crippen LogP contribution in [-0.2, 0) is 7.05 Å². The van der Waals surface area contributed by atoms with E-state index in [1.54, 1.807) is 6.20 Å². The highest BCUT2D eigenvalue weighted by molar-refractivity contribution is 9.10. The van der Waals surface area contributed by atoms with Crippen LogP contribution in [0.15, 0.2) is 35.1 Å². The van der Waals surface area contributed by atoms with Gasteiger partial charge in [0.05, 0.1) is 6.04 Å². The van der Waals surface area contributed by atoms with Gasteiger partial charge in [-0.1, -0.05) is 22.0 Å². The fourth-order valence-electron chi connectivity index (χ4n) is 1.77. The summed E-state index contributed by atoms with van der Waals surface area (Å²) >= 11 is 3.48. The Labute approximate surface area is 103 Å². The van der Waals surface area contributed by atoms with Crippen LogP contribution in [0, 0.1) is 6.92 Å². The summed E-state index contributed by atoms with van der Waals surface area (Å²) in [5, 5.41) is 0. The molecule has 2 aromatic rings. The lowest BCUT2D eigenvalue weighted by Gasteiger charge is -2.13. The largest absolute Gasteiger partial charge is 0.336 e. The summed E-state index contributed by atoms with van der Waals surface area (Å²) in [4.78, 5) is 4.27. The minimum atomic E-state index is -0.184. The Kier molecular flexibility index (Phi) is 3.12. The zero-order valence-electron chi connectivity index (χ0n) is 9.31. The van der Waals surface area contributed by atoms with Crippen molar-refractivity contribution in [3.8, 4) is 0 Å². The van der Waals surface area contributed by atoms with Crippen LogP contribution >= 0.6 is 15.9 Å². The van der Waals surface area contributed by atoms with Crippen LogP contribution in [0.2, 0.25) is 0 Å². The zero-order chi connectivity index (χ0) is 11.7. The molecule has 0 amide bonds. The third-order valence-corrected chi connectivity index (χ3v) is 3.02. The molecule has 1 aromatic heterocycles. The van der Waals surface area contributed by atoms with Gasteiger partial charge >= 0.3 is 0 Å². The lowest BCUT2D eigenvalue weighted by atomic mass is 10.0. The van der Waals surface area contributed by atoms with Gasteiger partial charge in [-0.15, -0.1) is 0 Å². The molecule has 1 aromatic carbocycles. The molecule has 3 nitrogen and oxygen atoms in total. The van der Waals surface area contributed by atoms with Gasteiger partial charge in [0.15, 0.2) is 0 Å². The SMILES string of the molecule is Cc1cc(Br)cc(C(N)c2nccn2C)c1. The van der Waals surface area contributed by atoms with E-state index in [0.717, 1.165) is 15.9 Å². The molecule has 2 N–H and O–H groups in total. The number of nitrogens with zero attached hydrogens (tertiary/aromatic N) is 2. The van der Waals surface area contributed by atoms with E-state index < -0.39 is 0 Å². The number of aryl methyl sites for hydroxylation is 2. The van der Waals surface area contributed by atoms with Crippen LogP contribution < -0.4 is 5.73 Å². The van der Waals surface area contributed by atoms with E-state index in [1.165, 1.54) is 5.56 Å². The van der Waals surface area contributed by atoms with Crippen molar-refractivity contribution in [2.75, 3.05) is 0 Å². The average Bonchev–Trinajstić information content (AvgIpc) is 2.62. The molecule has 0 aliphatic heterocycles. The first-order chi connectivity index (χ1) is 7.58. The molecule has 0 saturated carbocycles. The number of halogens is 1. The second-order valence-electron chi connectivity index (χ2n) is 3.94. The first kappa shape index (κ1) is 11.4. The molecule has 0 saturated heterocycles. The van der Waals surface area contributed by atoms with Crippen molar-refractivity contribution in [1.82, 2.24) is 9.55 Å². The molecule has 1 unspecified atom stereocenters. The second kappa shape index (κ2) is 4.39. The summed E-state index contributed by atoms with van der Waals surface area (Å²) in [6, 6.07) is 6.00. The molecule has 0 bridgehead atoms. The van der Waals surface area contributed by atoms with Gasteiger partial charge in [-0.3, -0.25) is 0 Å². The van der Waals surface area contributed by atoms with Gasteiger partial charge in [-0.05, 0) is 30.2 Å². The Balaban J connectivity index is 2.41. The van der Waals surface area contributed by atoms with Crippen LogP contribution in [0.25, 0.3) is 0 Å². The van der Waals surface area contributed by atoms with Crippen LogP contribution in [0.5, 0.6) is 0 Å². The van der Waals surface area contributed by atoms with E-state index in [2.05, 4.69) is 40.0 Å². The Morgan fingerprint density at radius 1 is 1.38 bits per heavy atom. The fourth-order valence-corrected chi connectivity index (χ4v) is 2.40. The Hall–Kier alpha value is -1.13. The highest BCUT2D eigenvalue weighted by Crippen LogP contribution is 2.23. The minimum Gasteiger partial charge on any atom is -0.336 e. The standard InChI is InChI=1S/C12H14BrN3/c1-8-5-9(7-10(13)6-8)11(14)12-15-3-4-16(12)2/h3-7,11H,14H2,1-2H3. The molecule has 1 heterocycles. The summed E-state index contributed by atoms with van der Waals surface area (Å²) in [6.07, 6.45) is 3.67. The van der Waals surface area contributed by atoms with Gasteiger partial charge in [-0.2, -0.15) is 0 Å². The van der Waals surface area contributed by atoms with Gasteiger partial charge in [0, 0.05) is 23.9 Å². The van der Waals surface area contributed by atoms with E-state index in [1.807, 2.05) is 23.9 Å². The molecular weight excluding hydrogens is 266 g/mol. The maximum atomic E-state index is 6.20. The third kappa shape index (κ3) is 2.18. The molecule has 84 valence electrons. The van der Waals surface area contributed by atoms with Crippen LogP contribution in [0.3, 0.4) is 0 Å². The molecular formula is C12H14BrN3. The van der Waals surface area contributed by atoms with Crippen molar-refractivity contribution < 1.29 is 0 Å². The van der Waals surface area contributed by atoms with Crippen LogP contribution in [-0.4, -0.2) is 9.55 Å². The molecule has 1 atom stereocenters. The highest BCUT2D eigenvalue weighted by atomic mass is 79.9. The quantitative estimate of drug-likeness (QED) is 0.918. The maximum Gasteiger partial charge on any atom is 0.129 e. The summed E-state index contributed by atoms with van der Waals surface area (Å²) in [7, 11) is 1.95. The van der Waals surface area contributed by atoms with Crippen molar-refractivity contribution >= 4 is 15.9 Å². The van der Waals surface area contributed by atoms with Gasteiger partial charge in [0.1, 0.15) is 5.82 Å². The first-order valence-corrected chi connectivity index (χ1v) is 5.87. The van der Waals surface area contributed by atoms with Crippen molar-refractivity contribution in [3.05, 3.63) is 52.0 Å². The van der Waals surface area contributed by atoms with E-state index in [-0.39, 0.29) is 6.04 Å². The third-order valence-electron chi connectivity index (χ3n) is 2.56. The molecule has 16 heavy (non-hydrogen) atoms. The Bertz CT molecular complexity index is 484. The number of imidazole rings is 1. The predicted molar refractivity (Wildman–Crippen MR) is 68.1 cm³/mol. The Morgan fingerprint density at radius 2 is 2.12 bits per heavy atom. The first-order valence-electron chi connectivity index (χ1n) is 5.08. The highest BCUT2D eigenvalue weighted by Gasteiger charge is 2.13. The normalized spacial score (nSPS) is 12.8. The lowest BCUT2D eigenvalue weighted by molar-refractivity contribution is 0.716. The molecule has 0 aliphatic rings. The topological polar surface area (TPSA) is 43.8 Å². The summed E-state index contributed by atoms with van der Waals surface area (Å²) in [6.45, 7) is 2.05. The number of rotatable bonds is 2. The molecule has 0 fully saturated rings. The maximum absolute atomic E-state index is 6.20. The summed E-state index contributed by atoms with van der Waals surface area (Å²) in [5.41, 5.74) is 8.45. The van der Waals surface area contributed by atoms with E-state index >= 15 is 0 Å². The smallest absolute Gasteiger partial charge is 0.129 e. The van der Waals surface area contributed by atoms with Gasteiger partial charge in [0.2, 0.25) is 0 Å². The molecule has 0 radical (unpaired) electrons. The monoisotopic (exact) mass is 279 g/mol. The minimum absolute atomic E-state index is 0.184. The van der Waals surface area contributed by atoms with Gasteiger partial charge < -0.3 is 10.3 Å². The van der Waals surface area contributed by atoms with Crippen molar-refractivity contribution in [1.29, 1.82) is 0 Å². The summed E-state index contributed by atoms with van der Waals surface area (Å²) < 4.78 is 2.99. The number of hydrogen-bond donors (Lipinski definition) is 1. The van der Waals surface area contributed by atoms with Crippen LogP contribution in [0.4, 0.5) is 0 Å².